The van der Waals surface area contributed by atoms with E-state index >= 15 is 0 Å². The van der Waals surface area contributed by atoms with Crippen molar-refractivity contribution in [3.05, 3.63) is 30.0 Å². The average molecular weight is 470 g/mol. The molecule has 0 saturated carbocycles. The fourth-order valence-electron chi connectivity index (χ4n) is 4.35. The first-order valence-corrected chi connectivity index (χ1v) is 11.1. The number of amides is 2. The van der Waals surface area contributed by atoms with Gasteiger partial charge in [0.2, 0.25) is 5.88 Å². The topological polar surface area (TPSA) is 128 Å². The number of esters is 1. The molecular weight excluding hydrogens is 444 g/mol. The molecule has 2 amide bonds. The number of nitrogens with one attached hydrogen (secondary N) is 1. The monoisotopic (exact) mass is 470 g/mol. The number of hydrogen-bond acceptors (Lipinski definition) is 10. The van der Waals surface area contributed by atoms with E-state index in [2.05, 4.69) is 25.4 Å². The van der Waals surface area contributed by atoms with Crippen LogP contribution in [-0.4, -0.2) is 78.5 Å². The van der Waals surface area contributed by atoms with Crippen molar-refractivity contribution in [2.75, 3.05) is 48.5 Å². The molecule has 0 unspecified atom stereocenters. The minimum absolute atomic E-state index is 0.0682. The van der Waals surface area contributed by atoms with E-state index in [9.17, 15) is 9.59 Å². The van der Waals surface area contributed by atoms with Crippen molar-refractivity contribution in [3.63, 3.8) is 0 Å². The Kier molecular flexibility index (Phi) is 5.70. The molecule has 5 heterocycles. The number of carbonyl (C=O) groups is 2. The Labute approximate surface area is 196 Å². The van der Waals surface area contributed by atoms with Gasteiger partial charge in [0.1, 0.15) is 12.7 Å². The first kappa shape index (κ1) is 22.3. The van der Waals surface area contributed by atoms with E-state index in [0.29, 0.717) is 24.8 Å². The Morgan fingerprint density at radius 2 is 2.09 bits per heavy atom. The Balaban J connectivity index is 1.27. The van der Waals surface area contributed by atoms with Gasteiger partial charge in [-0.2, -0.15) is 0 Å². The van der Waals surface area contributed by atoms with Crippen LogP contribution >= 0.6 is 0 Å². The van der Waals surface area contributed by atoms with Crippen molar-refractivity contribution in [1.82, 2.24) is 15.2 Å². The van der Waals surface area contributed by atoms with Crippen LogP contribution in [-0.2, 0) is 14.2 Å². The summed E-state index contributed by atoms with van der Waals surface area (Å²) >= 11 is 0. The molecular formula is C22H26N6O6. The smallest absolute Gasteiger partial charge is 0.356 e. The van der Waals surface area contributed by atoms with Crippen molar-refractivity contribution >= 4 is 29.3 Å². The zero-order valence-electron chi connectivity index (χ0n) is 19.2. The number of hydrogen-bond donors (Lipinski definition) is 1. The van der Waals surface area contributed by atoms with Crippen molar-refractivity contribution < 1.29 is 28.5 Å². The van der Waals surface area contributed by atoms with E-state index < -0.39 is 17.8 Å². The molecule has 12 heteroatoms. The maximum Gasteiger partial charge on any atom is 0.356 e. The third kappa shape index (κ3) is 4.33. The van der Waals surface area contributed by atoms with E-state index in [1.54, 1.807) is 29.2 Å². The molecule has 0 spiro atoms. The number of methoxy groups -OCH3 is 1. The van der Waals surface area contributed by atoms with Crippen LogP contribution in [0, 0.1) is 0 Å². The summed E-state index contributed by atoms with van der Waals surface area (Å²) in [6.07, 6.45) is 0.600. The van der Waals surface area contributed by atoms with E-state index in [0.717, 1.165) is 18.7 Å². The Hall–Kier alpha value is -3.51. The number of ether oxygens (including phenoxy) is 4. The van der Waals surface area contributed by atoms with E-state index in [4.69, 9.17) is 18.9 Å². The van der Waals surface area contributed by atoms with Crippen molar-refractivity contribution in [1.29, 1.82) is 0 Å². The largest absolute Gasteiger partial charge is 0.474 e. The van der Waals surface area contributed by atoms with Crippen molar-refractivity contribution in [2.24, 2.45) is 0 Å². The number of urea groups is 1. The SMILES string of the molecule is COC(=O)c1ccc2c(n1)N(C(=O)Nc1ccc(OC[C@@H]3COC(C)(C)O3)nn1)[C@H]1CCN2C1. The van der Waals surface area contributed by atoms with Crippen LogP contribution in [0.15, 0.2) is 24.3 Å². The number of fused-ring (bicyclic) bond motifs is 4. The number of pyridine rings is 1. The third-order valence-electron chi connectivity index (χ3n) is 5.92. The highest BCUT2D eigenvalue weighted by molar-refractivity contribution is 6.04. The maximum atomic E-state index is 13.2. The highest BCUT2D eigenvalue weighted by Crippen LogP contribution is 2.39. The van der Waals surface area contributed by atoms with Crippen molar-refractivity contribution in [2.45, 2.75) is 38.2 Å². The highest BCUT2D eigenvalue weighted by atomic mass is 16.7. The predicted molar refractivity (Wildman–Crippen MR) is 120 cm³/mol. The molecule has 2 fully saturated rings. The molecule has 3 aliphatic rings. The second-order valence-corrected chi connectivity index (χ2v) is 8.74. The minimum Gasteiger partial charge on any atom is -0.474 e. The average Bonchev–Trinajstić information content (AvgIpc) is 3.41. The number of anilines is 3. The van der Waals surface area contributed by atoms with Gasteiger partial charge in [-0.05, 0) is 38.5 Å². The van der Waals surface area contributed by atoms with Gasteiger partial charge in [-0.25, -0.2) is 14.6 Å². The van der Waals surface area contributed by atoms with Crippen LogP contribution in [0.2, 0.25) is 0 Å². The Morgan fingerprint density at radius 1 is 1.24 bits per heavy atom. The van der Waals surface area contributed by atoms with Crippen LogP contribution in [0.25, 0.3) is 0 Å². The fourth-order valence-corrected chi connectivity index (χ4v) is 4.35. The second-order valence-electron chi connectivity index (χ2n) is 8.74. The lowest BCUT2D eigenvalue weighted by Crippen LogP contribution is -2.48. The van der Waals surface area contributed by atoms with Crippen molar-refractivity contribution in [3.8, 4) is 5.88 Å². The van der Waals surface area contributed by atoms with Gasteiger partial charge < -0.3 is 23.8 Å². The number of carbonyl (C=O) groups excluding carboxylic acids is 2. The van der Waals surface area contributed by atoms with Gasteiger partial charge in [-0.3, -0.25) is 10.2 Å². The summed E-state index contributed by atoms with van der Waals surface area (Å²) in [5.41, 5.74) is 0.940. The van der Waals surface area contributed by atoms with Gasteiger partial charge in [-0.1, -0.05) is 0 Å². The lowest BCUT2D eigenvalue weighted by molar-refractivity contribution is -0.141. The molecule has 34 heavy (non-hydrogen) atoms. The van der Waals surface area contributed by atoms with E-state index in [1.165, 1.54) is 7.11 Å². The highest BCUT2D eigenvalue weighted by Gasteiger charge is 2.40. The molecule has 2 saturated heterocycles. The zero-order valence-corrected chi connectivity index (χ0v) is 19.2. The molecule has 1 N–H and O–H groups in total. The van der Waals surface area contributed by atoms with Gasteiger partial charge >= 0.3 is 12.0 Å². The number of nitrogens with zero attached hydrogens (tertiary/aromatic N) is 5. The van der Waals surface area contributed by atoms with Crippen LogP contribution in [0.5, 0.6) is 5.88 Å². The summed E-state index contributed by atoms with van der Waals surface area (Å²) in [4.78, 5) is 33.4. The Bertz CT molecular complexity index is 1090. The molecule has 180 valence electrons. The molecule has 12 nitrogen and oxygen atoms in total. The first-order valence-electron chi connectivity index (χ1n) is 11.1. The van der Waals surface area contributed by atoms with Crippen LogP contribution in [0.4, 0.5) is 22.1 Å². The molecule has 2 aromatic rings. The Morgan fingerprint density at radius 3 is 2.79 bits per heavy atom. The second kappa shape index (κ2) is 8.69. The van der Waals surface area contributed by atoms with E-state index in [1.807, 2.05) is 13.8 Å². The van der Waals surface area contributed by atoms with Gasteiger partial charge in [0.05, 0.1) is 25.4 Å². The first-order chi connectivity index (χ1) is 16.3. The molecule has 0 aromatic carbocycles. The summed E-state index contributed by atoms with van der Waals surface area (Å²) in [5.74, 6) is -0.182. The standard InChI is InChI=1S/C22H26N6O6/c1-22(2)33-12-14(34-22)11-32-18-7-6-17(25-26-18)24-21(30)28-13-8-9-27(10-13)16-5-4-15(20(29)31-3)23-19(16)28/h4-7,13-14H,8-12H2,1-3H3,(H,24,25,30)/t13-,14+/m0/s1. The minimum atomic E-state index is -0.621. The lowest BCUT2D eigenvalue weighted by atomic mass is 10.2. The molecule has 2 atom stereocenters. The molecule has 0 aliphatic carbocycles. The van der Waals surface area contributed by atoms with Gasteiger partial charge in [-0.15, -0.1) is 10.2 Å². The summed E-state index contributed by atoms with van der Waals surface area (Å²) in [7, 11) is 1.29. The van der Waals surface area contributed by atoms with Gasteiger partial charge in [0, 0.05) is 19.2 Å². The normalized spacial score (nSPS) is 22.3. The summed E-state index contributed by atoms with van der Waals surface area (Å²) in [5, 5.41) is 10.9. The van der Waals surface area contributed by atoms with Gasteiger partial charge in [0.25, 0.3) is 0 Å². The van der Waals surface area contributed by atoms with E-state index in [-0.39, 0.29) is 30.3 Å². The third-order valence-corrected chi connectivity index (χ3v) is 5.92. The molecule has 0 radical (unpaired) electrons. The number of aromatic nitrogens is 3. The summed E-state index contributed by atoms with van der Waals surface area (Å²) in [6, 6.07) is 6.17. The van der Waals surface area contributed by atoms with Crippen LogP contribution in [0.1, 0.15) is 30.8 Å². The zero-order chi connectivity index (χ0) is 23.9. The number of rotatable bonds is 5. The fraction of sp³-hybridized carbons (Fsp3) is 0.500. The quantitative estimate of drug-likeness (QED) is 0.646. The summed E-state index contributed by atoms with van der Waals surface area (Å²) in [6.45, 7) is 5.91. The molecule has 2 bridgehead atoms. The maximum absolute atomic E-state index is 13.2. The predicted octanol–water partition coefficient (Wildman–Crippen LogP) is 1.82. The molecule has 2 aromatic heterocycles. The lowest BCUT2D eigenvalue weighted by Gasteiger charge is -2.35. The van der Waals surface area contributed by atoms with Crippen LogP contribution in [0.3, 0.4) is 0 Å². The molecule has 3 aliphatic heterocycles. The molecule has 5 rings (SSSR count). The van der Waals surface area contributed by atoms with Crippen LogP contribution < -0.4 is 19.9 Å². The summed E-state index contributed by atoms with van der Waals surface area (Å²) < 4.78 is 21.6. The van der Waals surface area contributed by atoms with Gasteiger partial charge in [0.15, 0.2) is 23.1 Å².